The van der Waals surface area contributed by atoms with E-state index in [1.54, 1.807) is 24.3 Å². The summed E-state index contributed by atoms with van der Waals surface area (Å²) in [5, 5.41) is 5.39. The molecule has 2 N–H and O–H groups in total. The van der Waals surface area contributed by atoms with Gasteiger partial charge >= 0.3 is 5.97 Å². The summed E-state index contributed by atoms with van der Waals surface area (Å²) in [6.07, 6.45) is 0.681. The Kier molecular flexibility index (Phi) is 9.02. The van der Waals surface area contributed by atoms with E-state index in [9.17, 15) is 18.8 Å². The van der Waals surface area contributed by atoms with Crippen molar-refractivity contribution >= 4 is 35.2 Å². The third-order valence-corrected chi connectivity index (χ3v) is 5.58. The van der Waals surface area contributed by atoms with Crippen molar-refractivity contribution < 1.29 is 23.5 Å². The molecule has 0 aliphatic heterocycles. The topological polar surface area (TPSA) is 84.5 Å². The molecule has 0 unspecified atom stereocenters. The van der Waals surface area contributed by atoms with Crippen LogP contribution in [-0.4, -0.2) is 36.7 Å². The quantitative estimate of drug-likeness (QED) is 0.348. The van der Waals surface area contributed by atoms with Gasteiger partial charge in [0.05, 0.1) is 11.3 Å². The average Bonchev–Trinajstić information content (AvgIpc) is 2.83. The molecule has 0 heterocycles. The molecule has 0 aliphatic carbocycles. The van der Waals surface area contributed by atoms with Crippen molar-refractivity contribution in [3.63, 3.8) is 0 Å². The first-order chi connectivity index (χ1) is 16.0. The van der Waals surface area contributed by atoms with Crippen LogP contribution < -0.4 is 10.6 Å². The second kappa shape index (κ2) is 12.4. The van der Waals surface area contributed by atoms with Crippen molar-refractivity contribution in [1.82, 2.24) is 5.32 Å². The van der Waals surface area contributed by atoms with E-state index < -0.39 is 12.6 Å². The van der Waals surface area contributed by atoms with Gasteiger partial charge in [-0.1, -0.05) is 42.5 Å². The van der Waals surface area contributed by atoms with Crippen LogP contribution in [0.3, 0.4) is 0 Å². The highest BCUT2D eigenvalue weighted by molar-refractivity contribution is 8.00. The first-order valence-electron chi connectivity index (χ1n) is 10.3. The maximum absolute atomic E-state index is 13.0. The molecule has 33 heavy (non-hydrogen) atoms. The zero-order valence-electron chi connectivity index (χ0n) is 17.8. The summed E-state index contributed by atoms with van der Waals surface area (Å²) in [4.78, 5) is 37.2. The van der Waals surface area contributed by atoms with Crippen LogP contribution in [0.4, 0.5) is 10.1 Å². The molecule has 6 nitrogen and oxygen atoms in total. The van der Waals surface area contributed by atoms with Gasteiger partial charge in [-0.2, -0.15) is 0 Å². The first kappa shape index (κ1) is 24.0. The molecule has 170 valence electrons. The number of nitrogens with one attached hydrogen (secondary N) is 2. The lowest BCUT2D eigenvalue weighted by atomic mass is 10.1. The zero-order chi connectivity index (χ0) is 23.5. The number of rotatable bonds is 10. The summed E-state index contributed by atoms with van der Waals surface area (Å²) in [6, 6.07) is 21.9. The van der Waals surface area contributed by atoms with E-state index in [2.05, 4.69) is 10.6 Å². The Morgan fingerprint density at radius 3 is 2.30 bits per heavy atom. The standard InChI is InChI=1S/C25H23FN2O4S/c26-19-10-12-20(13-11-19)28-24(30)17-33-22-9-5-4-8-21(22)25(31)32-16-23(29)27-15-14-18-6-2-1-3-7-18/h1-13H,14-17H2,(H,27,29)(H,28,30). The van der Waals surface area contributed by atoms with Crippen molar-refractivity contribution in [3.8, 4) is 0 Å². The molecule has 0 saturated carbocycles. The number of amides is 2. The van der Waals surface area contributed by atoms with E-state index in [0.29, 0.717) is 23.5 Å². The number of ether oxygens (including phenoxy) is 1. The number of esters is 1. The van der Waals surface area contributed by atoms with Crippen LogP contribution in [0.25, 0.3) is 0 Å². The predicted molar refractivity (Wildman–Crippen MR) is 126 cm³/mol. The van der Waals surface area contributed by atoms with E-state index >= 15 is 0 Å². The molecule has 3 rings (SSSR count). The lowest BCUT2D eigenvalue weighted by molar-refractivity contribution is -0.124. The maximum Gasteiger partial charge on any atom is 0.339 e. The molecule has 0 atom stereocenters. The number of anilines is 1. The Balaban J connectivity index is 1.45. The van der Waals surface area contributed by atoms with Gasteiger partial charge in [0, 0.05) is 17.1 Å². The van der Waals surface area contributed by atoms with Gasteiger partial charge in [0.25, 0.3) is 5.91 Å². The summed E-state index contributed by atoms with van der Waals surface area (Å²) in [5.74, 6) is -1.67. The Morgan fingerprint density at radius 1 is 0.848 bits per heavy atom. The Labute approximate surface area is 195 Å². The molecule has 8 heteroatoms. The van der Waals surface area contributed by atoms with Crippen LogP contribution >= 0.6 is 11.8 Å². The summed E-state index contributed by atoms with van der Waals surface area (Å²) < 4.78 is 18.1. The fourth-order valence-electron chi connectivity index (χ4n) is 2.89. The Bertz CT molecular complexity index is 1090. The van der Waals surface area contributed by atoms with Crippen molar-refractivity contribution in [2.75, 3.05) is 24.2 Å². The van der Waals surface area contributed by atoms with Gasteiger partial charge in [-0.15, -0.1) is 11.8 Å². The highest BCUT2D eigenvalue weighted by atomic mass is 32.2. The summed E-state index contributed by atoms with van der Waals surface area (Å²) in [7, 11) is 0. The van der Waals surface area contributed by atoms with Crippen LogP contribution in [0.15, 0.2) is 83.8 Å². The van der Waals surface area contributed by atoms with Gasteiger partial charge in [-0.05, 0) is 48.4 Å². The Hall–Kier alpha value is -3.65. The highest BCUT2D eigenvalue weighted by Gasteiger charge is 2.15. The van der Waals surface area contributed by atoms with Crippen LogP contribution in [0.5, 0.6) is 0 Å². The molecule has 3 aromatic carbocycles. The molecular weight excluding hydrogens is 443 g/mol. The van der Waals surface area contributed by atoms with Crippen molar-refractivity contribution in [2.45, 2.75) is 11.3 Å². The molecule has 0 fully saturated rings. The van der Waals surface area contributed by atoms with E-state index in [1.165, 1.54) is 24.3 Å². The summed E-state index contributed by atoms with van der Waals surface area (Å²) in [6.45, 7) is 0.0493. The minimum absolute atomic E-state index is 0.0433. The van der Waals surface area contributed by atoms with Crippen molar-refractivity contribution in [3.05, 3.63) is 95.8 Å². The van der Waals surface area contributed by atoms with E-state index in [0.717, 1.165) is 17.3 Å². The Morgan fingerprint density at radius 2 is 1.55 bits per heavy atom. The third kappa shape index (κ3) is 8.08. The minimum atomic E-state index is -0.643. The molecule has 0 aromatic heterocycles. The lowest BCUT2D eigenvalue weighted by Crippen LogP contribution is -2.30. The van der Waals surface area contributed by atoms with Gasteiger partial charge < -0.3 is 15.4 Å². The normalized spacial score (nSPS) is 10.3. The molecule has 0 spiro atoms. The third-order valence-electron chi connectivity index (χ3n) is 4.51. The second-order valence-electron chi connectivity index (χ2n) is 7.00. The number of hydrogen-bond acceptors (Lipinski definition) is 5. The van der Waals surface area contributed by atoms with Crippen molar-refractivity contribution in [2.24, 2.45) is 0 Å². The number of carbonyl (C=O) groups excluding carboxylic acids is 3. The average molecular weight is 467 g/mol. The minimum Gasteiger partial charge on any atom is -0.452 e. The molecule has 0 radical (unpaired) electrons. The second-order valence-corrected chi connectivity index (χ2v) is 8.02. The number of hydrogen-bond donors (Lipinski definition) is 2. The number of benzene rings is 3. The smallest absolute Gasteiger partial charge is 0.339 e. The number of halogens is 1. The van der Waals surface area contributed by atoms with Crippen LogP contribution in [0, 0.1) is 5.82 Å². The molecule has 2 amide bonds. The van der Waals surface area contributed by atoms with Gasteiger partial charge in [0.1, 0.15) is 5.82 Å². The van der Waals surface area contributed by atoms with Gasteiger partial charge in [0.2, 0.25) is 5.91 Å². The lowest BCUT2D eigenvalue weighted by Gasteiger charge is -2.10. The van der Waals surface area contributed by atoms with E-state index in [-0.39, 0.29) is 28.9 Å². The fraction of sp³-hybridized carbons (Fsp3) is 0.160. The van der Waals surface area contributed by atoms with Crippen molar-refractivity contribution in [1.29, 1.82) is 0 Å². The van der Waals surface area contributed by atoms with Crippen LogP contribution in [-0.2, 0) is 20.7 Å². The zero-order valence-corrected chi connectivity index (χ0v) is 18.6. The summed E-state index contributed by atoms with van der Waals surface area (Å²) >= 11 is 1.16. The van der Waals surface area contributed by atoms with Gasteiger partial charge in [-0.3, -0.25) is 9.59 Å². The van der Waals surface area contributed by atoms with E-state index in [4.69, 9.17) is 4.74 Å². The molecule has 3 aromatic rings. The van der Waals surface area contributed by atoms with E-state index in [1.807, 2.05) is 30.3 Å². The van der Waals surface area contributed by atoms with Crippen LogP contribution in [0.1, 0.15) is 15.9 Å². The van der Waals surface area contributed by atoms with Gasteiger partial charge in [0.15, 0.2) is 6.61 Å². The van der Waals surface area contributed by atoms with Gasteiger partial charge in [-0.25, -0.2) is 9.18 Å². The summed E-state index contributed by atoms with van der Waals surface area (Å²) in [5.41, 5.74) is 1.85. The number of thioether (sulfide) groups is 1. The molecule has 0 bridgehead atoms. The highest BCUT2D eigenvalue weighted by Crippen LogP contribution is 2.23. The maximum atomic E-state index is 13.0. The van der Waals surface area contributed by atoms with Crippen LogP contribution in [0.2, 0.25) is 0 Å². The monoisotopic (exact) mass is 466 g/mol. The number of carbonyl (C=O) groups is 3. The first-order valence-corrected chi connectivity index (χ1v) is 11.2. The SMILES string of the molecule is O=C(COC(=O)c1ccccc1SCC(=O)Nc1ccc(F)cc1)NCCc1ccccc1. The predicted octanol–water partition coefficient (Wildman–Crippen LogP) is 4.07. The molecular formula is C25H23FN2O4S. The molecule has 0 aliphatic rings. The largest absolute Gasteiger partial charge is 0.452 e. The fourth-order valence-corrected chi connectivity index (χ4v) is 3.73. The molecule has 0 saturated heterocycles.